The zero-order valence-corrected chi connectivity index (χ0v) is 16.6. The molecule has 0 unspecified atom stereocenters. The Morgan fingerprint density at radius 3 is 3.00 bits per heavy atom. The van der Waals surface area contributed by atoms with Crippen molar-refractivity contribution in [1.82, 2.24) is 10.9 Å². The maximum absolute atomic E-state index is 12.3. The van der Waals surface area contributed by atoms with Crippen LogP contribution in [-0.2, 0) is 23.4 Å². The highest BCUT2D eigenvalue weighted by atomic mass is 32.2. The minimum absolute atomic E-state index is 0.178. The topological polar surface area (TPSA) is 58.2 Å². The Morgan fingerprint density at radius 1 is 1.36 bits per heavy atom. The Hall–Kier alpha value is -1.31. The largest absolute Gasteiger partial charge is 0.279 e. The van der Waals surface area contributed by atoms with Crippen molar-refractivity contribution in [1.29, 1.82) is 0 Å². The van der Waals surface area contributed by atoms with Crippen LogP contribution in [0, 0.1) is 5.92 Å². The Balaban J connectivity index is 1.43. The molecule has 0 aliphatic heterocycles. The van der Waals surface area contributed by atoms with Gasteiger partial charge in [0.1, 0.15) is 0 Å². The third kappa shape index (κ3) is 5.09. The average Bonchev–Trinajstić information content (AvgIpc) is 3.28. The van der Waals surface area contributed by atoms with Gasteiger partial charge < -0.3 is 0 Å². The van der Waals surface area contributed by atoms with Crippen LogP contribution >= 0.6 is 34.4 Å². The number of fused-ring (bicyclic) bond motifs is 1. The number of carbonyl (C=O) groups is 2. The van der Waals surface area contributed by atoms with Gasteiger partial charge in [-0.25, -0.2) is 0 Å². The smallest absolute Gasteiger partial charge is 0.272 e. The van der Waals surface area contributed by atoms with Gasteiger partial charge in [0.05, 0.1) is 10.6 Å². The van der Waals surface area contributed by atoms with Gasteiger partial charge in [0, 0.05) is 15.5 Å². The molecule has 0 aromatic carbocycles. The molecule has 7 heteroatoms. The molecular formula is C18H22N2O2S3. The fraction of sp³-hybridized carbons (Fsp3) is 0.444. The van der Waals surface area contributed by atoms with Gasteiger partial charge in [-0.2, -0.15) is 0 Å². The minimum Gasteiger partial charge on any atom is -0.272 e. The normalized spacial score (nSPS) is 16.3. The van der Waals surface area contributed by atoms with Gasteiger partial charge in [0.25, 0.3) is 5.91 Å². The molecule has 1 aliphatic rings. The number of hydrogen-bond acceptors (Lipinski definition) is 5. The van der Waals surface area contributed by atoms with Crippen LogP contribution in [0.15, 0.2) is 23.6 Å². The summed E-state index contributed by atoms with van der Waals surface area (Å²) in [5.41, 5.74) is 6.36. The molecule has 0 spiro atoms. The number of aryl methyl sites for hydroxylation is 1. The van der Waals surface area contributed by atoms with Gasteiger partial charge in [-0.3, -0.25) is 20.4 Å². The highest BCUT2D eigenvalue weighted by molar-refractivity contribution is 7.99. The van der Waals surface area contributed by atoms with E-state index in [1.165, 1.54) is 28.2 Å². The number of hydrogen-bond donors (Lipinski definition) is 2. The van der Waals surface area contributed by atoms with Gasteiger partial charge in [-0.1, -0.05) is 19.4 Å². The molecule has 134 valence electrons. The zero-order valence-electron chi connectivity index (χ0n) is 14.2. The van der Waals surface area contributed by atoms with Crippen molar-refractivity contribution < 1.29 is 9.59 Å². The second kappa shape index (κ2) is 8.87. The van der Waals surface area contributed by atoms with Crippen molar-refractivity contribution in [3.8, 4) is 0 Å². The highest BCUT2D eigenvalue weighted by Gasteiger charge is 2.22. The van der Waals surface area contributed by atoms with Crippen LogP contribution in [0.3, 0.4) is 0 Å². The molecule has 25 heavy (non-hydrogen) atoms. The van der Waals surface area contributed by atoms with E-state index in [1.807, 2.05) is 17.5 Å². The van der Waals surface area contributed by atoms with Gasteiger partial charge >= 0.3 is 0 Å². The lowest BCUT2D eigenvalue weighted by Gasteiger charge is -2.19. The lowest BCUT2D eigenvalue weighted by molar-refractivity contribution is -0.119. The number of hydrazine groups is 1. The third-order valence-corrected chi connectivity index (χ3v) is 7.64. The maximum Gasteiger partial charge on any atom is 0.279 e. The lowest BCUT2D eigenvalue weighted by atomic mass is 9.87. The molecule has 0 radical (unpaired) electrons. The summed E-state index contributed by atoms with van der Waals surface area (Å²) in [6.07, 6.45) is 4.54. The molecular weight excluding hydrogens is 372 g/mol. The van der Waals surface area contributed by atoms with Crippen molar-refractivity contribution in [2.45, 2.75) is 38.4 Å². The van der Waals surface area contributed by atoms with Crippen molar-refractivity contribution in [3.63, 3.8) is 0 Å². The van der Waals surface area contributed by atoms with Gasteiger partial charge in [-0.05, 0) is 48.3 Å². The predicted octanol–water partition coefficient (Wildman–Crippen LogP) is 4.02. The Morgan fingerprint density at radius 2 is 2.24 bits per heavy atom. The molecule has 0 fully saturated rings. The summed E-state index contributed by atoms with van der Waals surface area (Å²) in [7, 11) is 0. The summed E-state index contributed by atoms with van der Waals surface area (Å²) < 4.78 is 0. The first-order chi connectivity index (χ1) is 12.2. The fourth-order valence-corrected chi connectivity index (χ4v) is 5.69. The minimum atomic E-state index is -0.218. The number of rotatable bonds is 6. The first kappa shape index (κ1) is 18.5. The number of amides is 2. The SMILES string of the molecule is CC[C@H]1CCc2sc(C(=O)NNC(=O)CSCc3cccs3)cc2C1. The molecule has 2 amide bonds. The lowest BCUT2D eigenvalue weighted by Crippen LogP contribution is -2.42. The van der Waals surface area contributed by atoms with Gasteiger partial charge in [0.15, 0.2) is 0 Å². The van der Waals surface area contributed by atoms with Crippen LogP contribution in [0.2, 0.25) is 0 Å². The number of thioether (sulfide) groups is 1. The summed E-state index contributed by atoms with van der Waals surface area (Å²) in [6, 6.07) is 6.05. The summed E-state index contributed by atoms with van der Waals surface area (Å²) in [5.74, 6) is 1.48. The van der Waals surface area contributed by atoms with E-state index in [9.17, 15) is 9.59 Å². The van der Waals surface area contributed by atoms with Crippen molar-refractivity contribution in [2.75, 3.05) is 5.75 Å². The van der Waals surface area contributed by atoms with E-state index < -0.39 is 0 Å². The molecule has 4 nitrogen and oxygen atoms in total. The van der Waals surface area contributed by atoms with E-state index in [0.717, 1.165) is 24.5 Å². The molecule has 2 aromatic rings. The summed E-state index contributed by atoms with van der Waals surface area (Å²) >= 11 is 4.78. The summed E-state index contributed by atoms with van der Waals surface area (Å²) in [5, 5.41) is 2.03. The van der Waals surface area contributed by atoms with E-state index >= 15 is 0 Å². The zero-order chi connectivity index (χ0) is 17.6. The van der Waals surface area contributed by atoms with Crippen molar-refractivity contribution in [2.24, 2.45) is 5.92 Å². The molecule has 1 atom stereocenters. The van der Waals surface area contributed by atoms with Crippen LogP contribution in [-0.4, -0.2) is 17.6 Å². The second-order valence-electron chi connectivity index (χ2n) is 6.15. The fourth-order valence-electron chi connectivity index (χ4n) is 2.92. The Kier molecular flexibility index (Phi) is 6.56. The van der Waals surface area contributed by atoms with Gasteiger partial charge in [-0.15, -0.1) is 34.4 Å². The summed E-state index contributed by atoms with van der Waals surface area (Å²) in [6.45, 7) is 2.22. The first-order valence-electron chi connectivity index (χ1n) is 8.46. The van der Waals surface area contributed by atoms with Crippen LogP contribution < -0.4 is 10.9 Å². The predicted molar refractivity (Wildman–Crippen MR) is 106 cm³/mol. The van der Waals surface area contributed by atoms with Crippen LogP contribution in [0.1, 0.15) is 44.8 Å². The number of thiophene rings is 2. The second-order valence-corrected chi connectivity index (χ2v) is 9.31. The maximum atomic E-state index is 12.3. The van der Waals surface area contributed by atoms with Crippen LogP contribution in [0.4, 0.5) is 0 Å². The quantitative estimate of drug-likeness (QED) is 0.728. The molecule has 3 rings (SSSR count). The molecule has 0 bridgehead atoms. The highest BCUT2D eigenvalue weighted by Crippen LogP contribution is 2.33. The Bertz CT molecular complexity index is 725. The average molecular weight is 395 g/mol. The van der Waals surface area contributed by atoms with E-state index in [1.54, 1.807) is 34.4 Å². The summed E-state index contributed by atoms with van der Waals surface area (Å²) in [4.78, 5) is 27.4. The van der Waals surface area contributed by atoms with E-state index in [-0.39, 0.29) is 11.8 Å². The Labute approximate surface area is 160 Å². The molecule has 1 aliphatic carbocycles. The van der Waals surface area contributed by atoms with E-state index in [2.05, 4.69) is 23.8 Å². The molecule has 2 N–H and O–H groups in total. The third-order valence-electron chi connectivity index (χ3n) is 4.36. The van der Waals surface area contributed by atoms with E-state index in [4.69, 9.17) is 0 Å². The molecule has 0 saturated carbocycles. The molecule has 2 aromatic heterocycles. The first-order valence-corrected chi connectivity index (χ1v) is 11.3. The van der Waals surface area contributed by atoms with Gasteiger partial charge in [0.2, 0.25) is 5.91 Å². The van der Waals surface area contributed by atoms with Crippen LogP contribution in [0.25, 0.3) is 0 Å². The standard InChI is InChI=1S/C18H22N2O2S3/c1-2-12-5-6-15-13(8-12)9-16(25-15)18(22)20-19-17(21)11-23-10-14-4-3-7-24-14/h3-4,7,9,12H,2,5-6,8,10-11H2,1H3,(H,19,21)(H,20,22)/t12-/m0/s1. The molecule has 2 heterocycles. The molecule has 0 saturated heterocycles. The monoisotopic (exact) mass is 394 g/mol. The number of carbonyl (C=O) groups excluding carboxylic acids is 2. The van der Waals surface area contributed by atoms with E-state index in [0.29, 0.717) is 10.6 Å². The van der Waals surface area contributed by atoms with Crippen LogP contribution in [0.5, 0.6) is 0 Å². The van der Waals surface area contributed by atoms with Crippen molar-refractivity contribution >= 4 is 46.2 Å². The van der Waals surface area contributed by atoms with Crippen molar-refractivity contribution in [3.05, 3.63) is 43.8 Å². The number of nitrogens with one attached hydrogen (secondary N) is 2.